The van der Waals surface area contributed by atoms with Gasteiger partial charge in [-0.05, 0) is 84.8 Å². The minimum atomic E-state index is -0.262. The summed E-state index contributed by atoms with van der Waals surface area (Å²) in [5.41, 5.74) is 2.75. The predicted molar refractivity (Wildman–Crippen MR) is 113 cm³/mol. The maximum Gasteiger partial charge on any atom is 0.253 e. The van der Waals surface area contributed by atoms with Crippen LogP contribution in [0, 0.1) is 0 Å². The van der Waals surface area contributed by atoms with Crippen LogP contribution in [-0.4, -0.2) is 55.9 Å². The van der Waals surface area contributed by atoms with E-state index in [2.05, 4.69) is 44.5 Å². The molecule has 5 rings (SSSR count). The fourth-order valence-electron chi connectivity index (χ4n) is 4.71. The van der Waals surface area contributed by atoms with Gasteiger partial charge in [0.25, 0.3) is 5.56 Å². The second-order valence-electron chi connectivity index (χ2n) is 8.33. The Morgan fingerprint density at radius 3 is 2.87 bits per heavy atom. The number of hydrogen-bond donors (Lipinski definition) is 1. The zero-order valence-corrected chi connectivity index (χ0v) is 17.4. The number of likely N-dealkylation sites (tertiary alicyclic amines) is 1. The Morgan fingerprint density at radius 2 is 2.10 bits per heavy atom. The number of aryl methyl sites for hydroxylation is 1. The van der Waals surface area contributed by atoms with E-state index >= 15 is 0 Å². The Kier molecular flexibility index (Phi) is 5.35. The Hall–Kier alpha value is -2.58. The number of nitrogens with zero attached hydrogens (tertiary/aromatic N) is 5. The van der Waals surface area contributed by atoms with E-state index in [1.807, 2.05) is 16.8 Å². The van der Waals surface area contributed by atoms with Gasteiger partial charge in [0.15, 0.2) is 5.82 Å². The Morgan fingerprint density at radius 1 is 1.23 bits per heavy atom. The molecule has 0 amide bonds. The van der Waals surface area contributed by atoms with Crippen LogP contribution >= 0.6 is 0 Å². The number of fused-ring (bicyclic) bond motifs is 1. The number of pyridine rings is 1. The number of hydrogen-bond acceptors (Lipinski definition) is 6. The van der Waals surface area contributed by atoms with Crippen molar-refractivity contribution in [1.82, 2.24) is 30.1 Å². The molecule has 1 N–H and O–H groups in total. The number of H-pyrrole nitrogens is 1. The number of nitrogens with one attached hydrogen (secondary N) is 1. The van der Waals surface area contributed by atoms with Crippen LogP contribution < -0.4 is 5.56 Å². The van der Waals surface area contributed by atoms with Crippen LogP contribution in [0.5, 0.6) is 0 Å². The topological polar surface area (TPSA) is 88.9 Å². The summed E-state index contributed by atoms with van der Waals surface area (Å²) in [5.74, 6) is 0.726. The Labute approximate surface area is 175 Å². The van der Waals surface area contributed by atoms with Gasteiger partial charge in [-0.3, -0.25) is 9.69 Å². The SMILES string of the molecule is CCc1ccc2[nH]c(=O)c(C(c3nnnn3CC3CCCO3)N3CCCC3)cc2c1. The van der Waals surface area contributed by atoms with Gasteiger partial charge in [-0.1, -0.05) is 13.0 Å². The minimum absolute atomic E-state index is 0.0738. The lowest BCUT2D eigenvalue weighted by molar-refractivity contribution is 0.0912. The van der Waals surface area contributed by atoms with Crippen molar-refractivity contribution in [2.75, 3.05) is 19.7 Å². The zero-order chi connectivity index (χ0) is 20.5. The van der Waals surface area contributed by atoms with Crippen molar-refractivity contribution >= 4 is 10.9 Å². The molecule has 2 aliphatic rings. The molecular formula is C22H28N6O2. The lowest BCUT2D eigenvalue weighted by atomic mass is 10.0. The highest BCUT2D eigenvalue weighted by Gasteiger charge is 2.32. The molecule has 2 aliphatic heterocycles. The third-order valence-corrected chi connectivity index (χ3v) is 6.35. The maximum absolute atomic E-state index is 13.2. The fraction of sp³-hybridized carbons (Fsp3) is 0.545. The first-order chi connectivity index (χ1) is 14.7. The molecule has 30 heavy (non-hydrogen) atoms. The highest BCUT2D eigenvalue weighted by Crippen LogP contribution is 2.30. The first-order valence-electron chi connectivity index (χ1n) is 11.0. The van der Waals surface area contributed by atoms with Gasteiger partial charge >= 0.3 is 0 Å². The van der Waals surface area contributed by atoms with Crippen molar-refractivity contribution in [3.8, 4) is 0 Å². The third kappa shape index (κ3) is 3.65. The summed E-state index contributed by atoms with van der Waals surface area (Å²) >= 11 is 0. The van der Waals surface area contributed by atoms with Crippen molar-refractivity contribution in [2.24, 2.45) is 0 Å². The number of rotatable bonds is 6. The van der Waals surface area contributed by atoms with Crippen molar-refractivity contribution in [1.29, 1.82) is 0 Å². The quantitative estimate of drug-likeness (QED) is 0.674. The molecule has 8 heteroatoms. The van der Waals surface area contributed by atoms with Gasteiger partial charge in [0.05, 0.1) is 12.6 Å². The molecule has 2 fully saturated rings. The van der Waals surface area contributed by atoms with Gasteiger partial charge in [0.1, 0.15) is 6.04 Å². The molecule has 0 spiro atoms. The summed E-state index contributed by atoms with van der Waals surface area (Å²) < 4.78 is 7.64. The molecule has 0 saturated carbocycles. The molecule has 8 nitrogen and oxygen atoms in total. The molecule has 4 heterocycles. The van der Waals surface area contributed by atoms with Crippen LogP contribution in [0.15, 0.2) is 29.1 Å². The average molecular weight is 409 g/mol. The number of benzene rings is 1. The van der Waals surface area contributed by atoms with Crippen LogP contribution in [0.25, 0.3) is 10.9 Å². The third-order valence-electron chi connectivity index (χ3n) is 6.35. The standard InChI is InChI=1S/C22H28N6O2/c1-2-15-7-8-19-16(12-15)13-18(22(29)23-19)20(27-9-3-4-10-27)21-24-25-26-28(21)14-17-6-5-11-30-17/h7-8,12-13,17,20H,2-6,9-11,14H2,1H3,(H,23,29). The highest BCUT2D eigenvalue weighted by atomic mass is 16.5. The normalized spacial score (nSPS) is 20.9. The lowest BCUT2D eigenvalue weighted by Gasteiger charge is -2.27. The predicted octanol–water partition coefficient (Wildman–Crippen LogP) is 2.44. The summed E-state index contributed by atoms with van der Waals surface area (Å²) in [7, 11) is 0. The molecule has 2 saturated heterocycles. The van der Waals surface area contributed by atoms with E-state index in [9.17, 15) is 4.79 Å². The summed E-state index contributed by atoms with van der Waals surface area (Å²) in [6.45, 7) is 5.42. The van der Waals surface area contributed by atoms with E-state index in [1.54, 1.807) is 0 Å². The molecule has 0 radical (unpaired) electrons. The first-order valence-corrected chi connectivity index (χ1v) is 11.0. The molecule has 1 aromatic carbocycles. The van der Waals surface area contributed by atoms with Gasteiger partial charge in [0, 0.05) is 17.7 Å². The van der Waals surface area contributed by atoms with E-state index in [0.717, 1.165) is 68.5 Å². The van der Waals surface area contributed by atoms with Crippen LogP contribution in [0.2, 0.25) is 0 Å². The number of tetrazole rings is 1. The number of ether oxygens (including phenoxy) is 1. The summed E-state index contributed by atoms with van der Waals surface area (Å²) in [6.07, 6.45) is 5.42. The van der Waals surface area contributed by atoms with Crippen molar-refractivity contribution in [2.45, 2.75) is 57.7 Å². The molecule has 3 aromatic rings. The fourth-order valence-corrected chi connectivity index (χ4v) is 4.71. The average Bonchev–Trinajstić information content (AvgIpc) is 3.53. The molecule has 2 unspecified atom stereocenters. The van der Waals surface area contributed by atoms with Gasteiger partial charge in [-0.15, -0.1) is 5.10 Å². The van der Waals surface area contributed by atoms with E-state index in [1.165, 1.54) is 5.56 Å². The summed E-state index contributed by atoms with van der Waals surface area (Å²) in [5, 5.41) is 13.7. The van der Waals surface area contributed by atoms with E-state index in [-0.39, 0.29) is 17.7 Å². The molecular weight excluding hydrogens is 380 g/mol. The Bertz CT molecular complexity index is 1080. The maximum atomic E-state index is 13.2. The molecule has 158 valence electrons. The monoisotopic (exact) mass is 408 g/mol. The molecule has 0 bridgehead atoms. The van der Waals surface area contributed by atoms with Crippen molar-refractivity contribution in [3.63, 3.8) is 0 Å². The second kappa shape index (κ2) is 8.28. The van der Waals surface area contributed by atoms with Gasteiger partial charge in [-0.25, -0.2) is 4.68 Å². The number of aromatic nitrogens is 5. The van der Waals surface area contributed by atoms with Crippen molar-refractivity contribution in [3.05, 3.63) is 51.6 Å². The van der Waals surface area contributed by atoms with Crippen molar-refractivity contribution < 1.29 is 4.74 Å². The lowest BCUT2D eigenvalue weighted by Crippen LogP contribution is -2.34. The largest absolute Gasteiger partial charge is 0.376 e. The van der Waals surface area contributed by atoms with Gasteiger partial charge in [-0.2, -0.15) is 0 Å². The van der Waals surface area contributed by atoms with E-state index in [4.69, 9.17) is 4.74 Å². The number of aromatic amines is 1. The van der Waals surface area contributed by atoms with Gasteiger partial charge in [0.2, 0.25) is 0 Å². The second-order valence-corrected chi connectivity index (χ2v) is 8.33. The highest BCUT2D eigenvalue weighted by molar-refractivity contribution is 5.80. The van der Waals surface area contributed by atoms with Crippen LogP contribution in [0.1, 0.15) is 55.6 Å². The first kappa shape index (κ1) is 19.4. The van der Waals surface area contributed by atoms with Crippen LogP contribution in [0.4, 0.5) is 0 Å². The Balaban J connectivity index is 1.59. The summed E-state index contributed by atoms with van der Waals surface area (Å²) in [4.78, 5) is 18.6. The van der Waals surface area contributed by atoms with Crippen LogP contribution in [0.3, 0.4) is 0 Å². The van der Waals surface area contributed by atoms with Crippen LogP contribution in [-0.2, 0) is 17.7 Å². The zero-order valence-electron chi connectivity index (χ0n) is 17.4. The minimum Gasteiger partial charge on any atom is -0.376 e. The molecule has 2 aromatic heterocycles. The smallest absolute Gasteiger partial charge is 0.253 e. The van der Waals surface area contributed by atoms with E-state index in [0.29, 0.717) is 12.1 Å². The van der Waals surface area contributed by atoms with E-state index < -0.39 is 0 Å². The molecule has 2 atom stereocenters. The molecule has 0 aliphatic carbocycles. The van der Waals surface area contributed by atoms with Gasteiger partial charge < -0.3 is 9.72 Å². The summed E-state index contributed by atoms with van der Waals surface area (Å²) in [6, 6.07) is 7.98.